The molecule has 1 atom stereocenters. The molecule has 0 bridgehead atoms. The summed E-state index contributed by atoms with van der Waals surface area (Å²) < 4.78 is 15.8. The topological polar surface area (TPSA) is 90.9 Å². The first-order valence-electron chi connectivity index (χ1n) is 10.5. The Morgan fingerprint density at radius 1 is 0.875 bits per heavy atom. The number of hydrogen-bond acceptors (Lipinski definition) is 6. The van der Waals surface area contributed by atoms with Crippen LogP contribution in [-0.4, -0.2) is 29.7 Å². The van der Waals surface area contributed by atoms with Crippen molar-refractivity contribution in [3.8, 4) is 0 Å². The van der Waals surface area contributed by atoms with Gasteiger partial charge in [-0.05, 0) is 45.2 Å². The maximum absolute atomic E-state index is 12.6. The molecule has 0 aliphatic heterocycles. The summed E-state index contributed by atoms with van der Waals surface area (Å²) in [5, 5.41) is 2.50. The Morgan fingerprint density at radius 2 is 1.47 bits per heavy atom. The minimum Gasteiger partial charge on any atom is -0.461 e. The van der Waals surface area contributed by atoms with Gasteiger partial charge in [-0.25, -0.2) is 9.59 Å². The van der Waals surface area contributed by atoms with E-state index in [1.165, 1.54) is 0 Å². The van der Waals surface area contributed by atoms with Gasteiger partial charge in [0.1, 0.15) is 24.9 Å². The highest BCUT2D eigenvalue weighted by molar-refractivity contribution is 5.82. The lowest BCUT2D eigenvalue weighted by Gasteiger charge is -2.23. The molecule has 0 heterocycles. The van der Waals surface area contributed by atoms with E-state index in [1.54, 1.807) is 20.8 Å². The molecule has 0 unspecified atom stereocenters. The minimum absolute atomic E-state index is 0.0274. The summed E-state index contributed by atoms with van der Waals surface area (Å²) in [5.41, 5.74) is 2.05. The van der Waals surface area contributed by atoms with E-state index < -0.39 is 29.7 Å². The zero-order valence-electron chi connectivity index (χ0n) is 19.1. The van der Waals surface area contributed by atoms with Gasteiger partial charge in [0.15, 0.2) is 0 Å². The van der Waals surface area contributed by atoms with Crippen LogP contribution in [0, 0.1) is 6.92 Å². The zero-order valence-corrected chi connectivity index (χ0v) is 19.1. The lowest BCUT2D eigenvalue weighted by molar-refractivity contribution is -0.149. The van der Waals surface area contributed by atoms with E-state index in [4.69, 9.17) is 14.2 Å². The highest BCUT2D eigenvalue weighted by Crippen LogP contribution is 2.11. The maximum atomic E-state index is 12.6. The fraction of sp³-hybridized carbons (Fsp3) is 0.400. The number of hydrogen-bond donors (Lipinski definition) is 1. The molecule has 2 aromatic rings. The first-order valence-corrected chi connectivity index (χ1v) is 10.5. The molecule has 32 heavy (non-hydrogen) atoms. The van der Waals surface area contributed by atoms with Crippen LogP contribution < -0.4 is 5.32 Å². The monoisotopic (exact) mass is 441 g/mol. The van der Waals surface area contributed by atoms with Crippen LogP contribution in [0.1, 0.15) is 50.3 Å². The van der Waals surface area contributed by atoms with Crippen molar-refractivity contribution in [2.24, 2.45) is 0 Å². The summed E-state index contributed by atoms with van der Waals surface area (Å²) in [4.78, 5) is 37.0. The molecule has 0 radical (unpaired) electrons. The minimum atomic E-state index is -1.04. The van der Waals surface area contributed by atoms with E-state index in [2.05, 4.69) is 5.32 Å². The Bertz CT molecular complexity index is 887. The fourth-order valence-electron chi connectivity index (χ4n) is 2.71. The van der Waals surface area contributed by atoms with E-state index >= 15 is 0 Å². The van der Waals surface area contributed by atoms with Crippen molar-refractivity contribution in [3.63, 3.8) is 0 Å². The number of alkyl carbamates (subject to hydrolysis) is 1. The predicted molar refractivity (Wildman–Crippen MR) is 120 cm³/mol. The SMILES string of the molecule is Cc1ccc(COC(=O)[C@@H](CCC(=O)OCc2ccccc2)NC(=O)OC(C)(C)C)cc1. The van der Waals surface area contributed by atoms with E-state index in [9.17, 15) is 14.4 Å². The zero-order chi connectivity index (χ0) is 23.6. The molecule has 7 nitrogen and oxygen atoms in total. The molecule has 1 amide bonds. The van der Waals surface area contributed by atoms with Crippen LogP contribution in [0.25, 0.3) is 0 Å². The molecule has 2 aromatic carbocycles. The summed E-state index contributed by atoms with van der Waals surface area (Å²) in [5.74, 6) is -1.12. The molecule has 1 N–H and O–H groups in total. The number of ether oxygens (including phenoxy) is 3. The first kappa shape index (κ1) is 24.9. The lowest BCUT2D eigenvalue weighted by Crippen LogP contribution is -2.44. The summed E-state index contributed by atoms with van der Waals surface area (Å²) in [6.07, 6.45) is -0.792. The van der Waals surface area contributed by atoms with Crippen LogP contribution in [0.5, 0.6) is 0 Å². The van der Waals surface area contributed by atoms with Gasteiger partial charge in [0.25, 0.3) is 0 Å². The number of aryl methyl sites for hydroxylation is 1. The van der Waals surface area contributed by atoms with E-state index in [0.717, 1.165) is 16.7 Å². The number of carbonyl (C=O) groups is 3. The Labute approximate surface area is 189 Å². The van der Waals surface area contributed by atoms with Gasteiger partial charge in [0.05, 0.1) is 0 Å². The second-order valence-electron chi connectivity index (χ2n) is 8.48. The van der Waals surface area contributed by atoms with Gasteiger partial charge >= 0.3 is 18.0 Å². The molecule has 0 aliphatic rings. The Balaban J connectivity index is 1.92. The molecular weight excluding hydrogens is 410 g/mol. The molecule has 0 saturated carbocycles. The first-order chi connectivity index (χ1) is 15.1. The predicted octanol–water partition coefficient (Wildman–Crippen LogP) is 4.46. The van der Waals surface area contributed by atoms with E-state index in [0.29, 0.717) is 0 Å². The van der Waals surface area contributed by atoms with Crippen molar-refractivity contribution in [1.29, 1.82) is 0 Å². The van der Waals surface area contributed by atoms with Crippen LogP contribution in [0.3, 0.4) is 0 Å². The second-order valence-corrected chi connectivity index (χ2v) is 8.48. The maximum Gasteiger partial charge on any atom is 0.408 e. The summed E-state index contributed by atoms with van der Waals surface area (Å²) >= 11 is 0. The van der Waals surface area contributed by atoms with Crippen molar-refractivity contribution >= 4 is 18.0 Å². The smallest absolute Gasteiger partial charge is 0.408 e. The van der Waals surface area contributed by atoms with E-state index in [1.807, 2.05) is 61.5 Å². The summed E-state index contributed by atoms with van der Waals surface area (Å²) in [6, 6.07) is 15.8. The third kappa shape index (κ3) is 9.64. The second kappa shape index (κ2) is 11.9. The number of rotatable bonds is 9. The number of nitrogens with one attached hydrogen (secondary N) is 1. The van der Waals surface area contributed by atoms with Gasteiger partial charge in [-0.2, -0.15) is 0 Å². The third-order valence-electron chi connectivity index (χ3n) is 4.36. The van der Waals surface area contributed by atoms with Gasteiger partial charge in [-0.3, -0.25) is 4.79 Å². The molecule has 172 valence electrons. The van der Waals surface area contributed by atoms with Gasteiger partial charge in [-0.15, -0.1) is 0 Å². The molecular formula is C25H31NO6. The average molecular weight is 442 g/mol. The molecule has 0 fully saturated rings. The Kier molecular flexibility index (Phi) is 9.25. The summed E-state index contributed by atoms with van der Waals surface area (Å²) in [7, 11) is 0. The third-order valence-corrected chi connectivity index (χ3v) is 4.36. The molecule has 0 aliphatic carbocycles. The number of amides is 1. The summed E-state index contributed by atoms with van der Waals surface area (Å²) in [6.45, 7) is 7.33. The van der Waals surface area contributed by atoms with Crippen LogP contribution in [0.4, 0.5) is 4.79 Å². The van der Waals surface area contributed by atoms with Crippen LogP contribution in [0.2, 0.25) is 0 Å². The van der Waals surface area contributed by atoms with Crippen molar-refractivity contribution in [2.45, 2.75) is 65.4 Å². The van der Waals surface area contributed by atoms with Gasteiger partial charge in [0.2, 0.25) is 0 Å². The Hall–Kier alpha value is -3.35. The van der Waals surface area contributed by atoms with E-state index in [-0.39, 0.29) is 26.1 Å². The average Bonchev–Trinajstić information content (AvgIpc) is 2.74. The van der Waals surface area contributed by atoms with Gasteiger partial charge in [0, 0.05) is 6.42 Å². The number of esters is 2. The van der Waals surface area contributed by atoms with Crippen LogP contribution in [-0.2, 0) is 37.0 Å². The molecule has 0 saturated heterocycles. The molecule has 0 spiro atoms. The highest BCUT2D eigenvalue weighted by atomic mass is 16.6. The quantitative estimate of drug-likeness (QED) is 0.457. The fourth-order valence-corrected chi connectivity index (χ4v) is 2.71. The van der Waals surface area contributed by atoms with Crippen molar-refractivity contribution < 1.29 is 28.6 Å². The number of carbonyl (C=O) groups excluding carboxylic acids is 3. The van der Waals surface area contributed by atoms with Crippen LogP contribution in [0.15, 0.2) is 54.6 Å². The highest BCUT2D eigenvalue weighted by Gasteiger charge is 2.26. The van der Waals surface area contributed by atoms with Gasteiger partial charge in [-0.1, -0.05) is 60.2 Å². The standard InChI is InChI=1S/C25H31NO6/c1-18-10-12-20(13-11-18)17-31-23(28)21(26-24(29)32-25(2,3)4)14-15-22(27)30-16-19-8-6-5-7-9-19/h5-13,21H,14-17H2,1-4H3,(H,26,29)/t21-/m1/s1. The van der Waals surface area contributed by atoms with Crippen molar-refractivity contribution in [2.75, 3.05) is 0 Å². The number of benzene rings is 2. The molecule has 7 heteroatoms. The normalized spacial score (nSPS) is 11.9. The van der Waals surface area contributed by atoms with Crippen LogP contribution >= 0.6 is 0 Å². The molecule has 0 aromatic heterocycles. The molecule has 2 rings (SSSR count). The van der Waals surface area contributed by atoms with Crippen molar-refractivity contribution in [1.82, 2.24) is 5.32 Å². The Morgan fingerprint density at radius 3 is 2.09 bits per heavy atom. The lowest BCUT2D eigenvalue weighted by atomic mass is 10.1. The van der Waals surface area contributed by atoms with Gasteiger partial charge < -0.3 is 19.5 Å². The largest absolute Gasteiger partial charge is 0.461 e. The van der Waals surface area contributed by atoms with Crippen molar-refractivity contribution in [3.05, 3.63) is 71.3 Å².